The van der Waals surface area contributed by atoms with Gasteiger partial charge in [-0.05, 0) is 47.5 Å². The van der Waals surface area contributed by atoms with Crippen LogP contribution in [-0.4, -0.2) is 0 Å². The zero-order chi connectivity index (χ0) is 14.7. The zero-order valence-electron chi connectivity index (χ0n) is 11.6. The molecule has 0 amide bonds. The van der Waals surface area contributed by atoms with Gasteiger partial charge in [0.1, 0.15) is 0 Å². The molecule has 2 heterocycles. The van der Waals surface area contributed by atoms with Crippen LogP contribution in [0, 0.1) is 0 Å². The first-order chi connectivity index (χ1) is 10.2. The van der Waals surface area contributed by atoms with Gasteiger partial charge in [0, 0.05) is 20.3 Å². The van der Waals surface area contributed by atoms with E-state index in [4.69, 9.17) is 0 Å². The second-order valence-corrected chi connectivity index (χ2v) is 7.78. The van der Waals surface area contributed by atoms with Crippen LogP contribution in [0.3, 0.4) is 0 Å². The number of nitrogens with one attached hydrogen (secondary N) is 1. The monoisotopic (exact) mass is 377 g/mol. The van der Waals surface area contributed by atoms with Crippen molar-refractivity contribution < 1.29 is 0 Å². The zero-order valence-corrected chi connectivity index (χ0v) is 14.8. The molecule has 0 aliphatic heterocycles. The fourth-order valence-electron chi connectivity index (χ4n) is 2.34. The molecule has 0 aliphatic carbocycles. The summed E-state index contributed by atoms with van der Waals surface area (Å²) in [6.45, 7) is 2.22. The molecule has 1 aromatic carbocycles. The van der Waals surface area contributed by atoms with Crippen molar-refractivity contribution in [3.05, 3.63) is 79.1 Å². The molecule has 1 nitrogen and oxygen atoms in total. The lowest BCUT2D eigenvalue weighted by Crippen LogP contribution is -2.24. The lowest BCUT2D eigenvalue weighted by atomic mass is 10.1. The van der Waals surface area contributed by atoms with Crippen molar-refractivity contribution in [2.24, 2.45) is 0 Å². The molecule has 0 unspecified atom stereocenters. The SMILES string of the molecule is C[C@@H](NC(c1cccs1)c1cccs1)c1cccc(Br)c1. The van der Waals surface area contributed by atoms with E-state index in [0.29, 0.717) is 0 Å². The Balaban J connectivity index is 1.85. The van der Waals surface area contributed by atoms with Crippen LogP contribution < -0.4 is 5.32 Å². The molecule has 0 saturated heterocycles. The fraction of sp³-hybridized carbons (Fsp3) is 0.176. The van der Waals surface area contributed by atoms with Gasteiger partial charge < -0.3 is 0 Å². The molecule has 0 fully saturated rings. The molecule has 3 aromatic rings. The van der Waals surface area contributed by atoms with Gasteiger partial charge in [-0.25, -0.2) is 0 Å². The Morgan fingerprint density at radius 1 is 0.952 bits per heavy atom. The molecular weight excluding hydrogens is 362 g/mol. The molecule has 0 saturated carbocycles. The van der Waals surface area contributed by atoms with E-state index in [1.807, 2.05) is 0 Å². The van der Waals surface area contributed by atoms with Gasteiger partial charge in [-0.15, -0.1) is 22.7 Å². The van der Waals surface area contributed by atoms with Crippen molar-refractivity contribution in [3.8, 4) is 0 Å². The molecule has 3 rings (SSSR count). The van der Waals surface area contributed by atoms with Crippen LogP contribution in [0.2, 0.25) is 0 Å². The second kappa shape index (κ2) is 6.88. The van der Waals surface area contributed by atoms with Crippen LogP contribution >= 0.6 is 38.6 Å². The maximum atomic E-state index is 3.77. The van der Waals surface area contributed by atoms with Crippen LogP contribution in [0.25, 0.3) is 0 Å². The summed E-state index contributed by atoms with van der Waals surface area (Å²) in [6.07, 6.45) is 0. The normalized spacial score (nSPS) is 12.7. The van der Waals surface area contributed by atoms with Gasteiger partial charge in [-0.2, -0.15) is 0 Å². The van der Waals surface area contributed by atoms with Crippen LogP contribution in [0.1, 0.15) is 34.3 Å². The molecule has 0 aliphatic rings. The van der Waals surface area contributed by atoms with Crippen molar-refractivity contribution in [3.63, 3.8) is 0 Å². The summed E-state index contributed by atoms with van der Waals surface area (Å²) in [5.74, 6) is 0. The van der Waals surface area contributed by atoms with Gasteiger partial charge in [0.25, 0.3) is 0 Å². The van der Waals surface area contributed by atoms with Gasteiger partial charge in [-0.3, -0.25) is 5.32 Å². The molecule has 2 aromatic heterocycles. The maximum Gasteiger partial charge on any atom is 0.0769 e. The highest BCUT2D eigenvalue weighted by Gasteiger charge is 2.19. The Bertz CT molecular complexity index is 642. The number of halogens is 1. The minimum Gasteiger partial charge on any atom is -0.298 e. The number of benzene rings is 1. The van der Waals surface area contributed by atoms with E-state index in [1.54, 1.807) is 22.7 Å². The Morgan fingerprint density at radius 2 is 1.62 bits per heavy atom. The summed E-state index contributed by atoms with van der Waals surface area (Å²) in [4.78, 5) is 2.72. The smallest absolute Gasteiger partial charge is 0.0769 e. The molecule has 1 atom stereocenters. The Hall–Kier alpha value is -0.940. The van der Waals surface area contributed by atoms with Gasteiger partial charge in [-0.1, -0.05) is 40.2 Å². The van der Waals surface area contributed by atoms with E-state index in [-0.39, 0.29) is 12.1 Å². The van der Waals surface area contributed by atoms with Gasteiger partial charge in [0.2, 0.25) is 0 Å². The average molecular weight is 378 g/mol. The fourth-order valence-corrected chi connectivity index (χ4v) is 4.43. The third-order valence-corrected chi connectivity index (χ3v) is 5.79. The Morgan fingerprint density at radius 3 is 2.14 bits per heavy atom. The van der Waals surface area contributed by atoms with E-state index in [0.717, 1.165) is 4.47 Å². The van der Waals surface area contributed by atoms with E-state index in [9.17, 15) is 0 Å². The van der Waals surface area contributed by atoms with Crippen molar-refractivity contribution in [1.82, 2.24) is 5.32 Å². The van der Waals surface area contributed by atoms with E-state index >= 15 is 0 Å². The number of rotatable bonds is 5. The first kappa shape index (κ1) is 15.0. The highest BCUT2D eigenvalue weighted by molar-refractivity contribution is 9.10. The summed E-state index contributed by atoms with van der Waals surface area (Å²) >= 11 is 7.16. The summed E-state index contributed by atoms with van der Waals surface area (Å²) in [7, 11) is 0. The van der Waals surface area contributed by atoms with Crippen molar-refractivity contribution in [2.45, 2.75) is 19.0 Å². The molecule has 0 bridgehead atoms. The predicted octanol–water partition coefficient (Wildman–Crippen LogP) is 6.01. The summed E-state index contributed by atoms with van der Waals surface area (Å²) in [5, 5.41) is 8.05. The maximum absolute atomic E-state index is 3.77. The predicted molar refractivity (Wildman–Crippen MR) is 96.2 cm³/mol. The first-order valence-electron chi connectivity index (χ1n) is 6.82. The number of hydrogen-bond donors (Lipinski definition) is 1. The molecule has 4 heteroatoms. The van der Waals surface area contributed by atoms with Crippen LogP contribution in [0.5, 0.6) is 0 Å². The molecule has 21 heavy (non-hydrogen) atoms. The lowest BCUT2D eigenvalue weighted by molar-refractivity contribution is 0.526. The Kier molecular flexibility index (Phi) is 4.91. The van der Waals surface area contributed by atoms with Gasteiger partial charge in [0.15, 0.2) is 0 Å². The minimum atomic E-state index is 0.263. The molecule has 0 radical (unpaired) electrons. The van der Waals surface area contributed by atoms with E-state index in [2.05, 4.69) is 87.5 Å². The molecule has 0 spiro atoms. The van der Waals surface area contributed by atoms with Gasteiger partial charge in [0.05, 0.1) is 6.04 Å². The molecule has 1 N–H and O–H groups in total. The van der Waals surface area contributed by atoms with Gasteiger partial charge >= 0.3 is 0 Å². The lowest BCUT2D eigenvalue weighted by Gasteiger charge is -2.22. The first-order valence-corrected chi connectivity index (χ1v) is 9.37. The third-order valence-electron chi connectivity index (χ3n) is 3.42. The number of hydrogen-bond acceptors (Lipinski definition) is 3. The second-order valence-electron chi connectivity index (χ2n) is 4.91. The number of thiophene rings is 2. The van der Waals surface area contributed by atoms with Crippen molar-refractivity contribution in [2.75, 3.05) is 0 Å². The van der Waals surface area contributed by atoms with E-state index in [1.165, 1.54) is 15.3 Å². The minimum absolute atomic E-state index is 0.263. The average Bonchev–Trinajstić information content (AvgIpc) is 3.18. The quantitative estimate of drug-likeness (QED) is 0.573. The Labute approximate surface area is 141 Å². The topological polar surface area (TPSA) is 12.0 Å². The van der Waals surface area contributed by atoms with Crippen molar-refractivity contribution in [1.29, 1.82) is 0 Å². The third kappa shape index (κ3) is 3.64. The van der Waals surface area contributed by atoms with E-state index < -0.39 is 0 Å². The van der Waals surface area contributed by atoms with Crippen LogP contribution in [0.4, 0.5) is 0 Å². The summed E-state index contributed by atoms with van der Waals surface area (Å²) < 4.78 is 1.12. The van der Waals surface area contributed by atoms with Crippen LogP contribution in [-0.2, 0) is 0 Å². The molecular formula is C17H16BrNS2. The highest BCUT2D eigenvalue weighted by Crippen LogP contribution is 2.31. The largest absolute Gasteiger partial charge is 0.298 e. The standard InChI is InChI=1S/C17H16BrNS2/c1-12(13-5-2-6-14(18)11-13)19-17(15-7-3-9-20-15)16-8-4-10-21-16/h2-12,17,19H,1H3/t12-/m1/s1. The van der Waals surface area contributed by atoms with Crippen LogP contribution in [0.15, 0.2) is 63.8 Å². The summed E-state index contributed by atoms with van der Waals surface area (Å²) in [5.41, 5.74) is 1.29. The molecule has 108 valence electrons. The summed E-state index contributed by atoms with van der Waals surface area (Å²) in [6, 6.07) is 17.7. The highest BCUT2D eigenvalue weighted by atomic mass is 79.9. The van der Waals surface area contributed by atoms with Crippen molar-refractivity contribution >= 4 is 38.6 Å².